The maximum Gasteiger partial charge on any atom is 0.196 e. The lowest BCUT2D eigenvalue weighted by Gasteiger charge is -2.38. The highest BCUT2D eigenvalue weighted by atomic mass is 19.1. The van der Waals surface area contributed by atoms with E-state index in [2.05, 4.69) is 6.92 Å². The highest BCUT2D eigenvalue weighted by Crippen LogP contribution is 2.45. The molecule has 0 radical (unpaired) electrons. The number of halogens is 2. The molecule has 48 heavy (non-hydrogen) atoms. The van der Waals surface area contributed by atoms with Crippen molar-refractivity contribution in [3.8, 4) is 17.2 Å². The zero-order valence-electron chi connectivity index (χ0n) is 28.7. The lowest BCUT2D eigenvalue weighted by atomic mass is 9.68. The average Bonchev–Trinajstić information content (AvgIpc) is 3.11. The van der Waals surface area contributed by atoms with Gasteiger partial charge in [-0.15, -0.1) is 0 Å². The third-order valence-corrected chi connectivity index (χ3v) is 10.8. The zero-order chi connectivity index (χ0) is 33.7. The van der Waals surface area contributed by atoms with E-state index >= 15 is 0 Å². The number of unbranched alkanes of at least 4 members (excludes halogenated alkanes) is 5. The van der Waals surface area contributed by atoms with Gasteiger partial charge in [0.15, 0.2) is 23.2 Å². The molecule has 260 valence electrons. The van der Waals surface area contributed by atoms with Gasteiger partial charge in [0.05, 0.1) is 18.8 Å². The molecule has 2 aliphatic rings. The fourth-order valence-electron chi connectivity index (χ4n) is 7.97. The number of ketones is 1. The van der Waals surface area contributed by atoms with Crippen molar-refractivity contribution in [1.29, 1.82) is 0 Å². The van der Waals surface area contributed by atoms with Crippen molar-refractivity contribution < 1.29 is 28.2 Å². The molecule has 2 saturated carbocycles. The van der Waals surface area contributed by atoms with Crippen LogP contribution in [0.1, 0.15) is 137 Å². The van der Waals surface area contributed by atoms with Gasteiger partial charge in [-0.2, -0.15) is 0 Å². The largest absolute Gasteiger partial charge is 0.507 e. The quantitative estimate of drug-likeness (QED) is 0.116. The maximum atomic E-state index is 15.0. The molecule has 2 fully saturated rings. The Hall–Kier alpha value is -3.41. The first kappa shape index (κ1) is 35.9. The number of hydrogen-bond acceptors (Lipinski definition) is 4. The van der Waals surface area contributed by atoms with Crippen LogP contribution in [0.25, 0.3) is 0 Å². The standard InChI is InChI=1S/C42H54F2O4/c1-2-3-7-12-30-15-17-31(18-16-30)32-19-21-33(22-20-32)35-27-38(43)42(39(44)28-35)48-26-11-5-4-10-25-47-36-23-24-37(40(45)29-36)41(46)34-13-8-6-9-14-34/h6,8-9,13-14,23-24,27-33,45H,2-5,7,10-12,15-22,25-26H2,1H3. The minimum atomic E-state index is -0.596. The molecule has 3 aromatic carbocycles. The molecule has 0 amide bonds. The summed E-state index contributed by atoms with van der Waals surface area (Å²) in [5.41, 5.74) is 1.53. The predicted molar refractivity (Wildman–Crippen MR) is 188 cm³/mol. The second-order valence-electron chi connectivity index (χ2n) is 14.2. The first-order valence-electron chi connectivity index (χ1n) is 18.6. The summed E-state index contributed by atoms with van der Waals surface area (Å²) in [6.07, 6.45) is 18.5. The van der Waals surface area contributed by atoms with E-state index in [1.807, 2.05) is 6.07 Å². The Bertz CT molecular complexity index is 1400. The van der Waals surface area contributed by atoms with Gasteiger partial charge in [0, 0.05) is 11.6 Å². The molecule has 0 aliphatic heterocycles. The Morgan fingerprint density at radius 1 is 0.729 bits per heavy atom. The van der Waals surface area contributed by atoms with Crippen LogP contribution in [0.4, 0.5) is 8.78 Å². The number of phenolic OH excluding ortho intramolecular Hbond substituents is 1. The first-order valence-corrected chi connectivity index (χ1v) is 18.6. The van der Waals surface area contributed by atoms with E-state index in [0.29, 0.717) is 24.3 Å². The number of phenols is 1. The van der Waals surface area contributed by atoms with Gasteiger partial charge in [-0.25, -0.2) is 8.78 Å². The summed E-state index contributed by atoms with van der Waals surface area (Å²) in [6.45, 7) is 2.99. The van der Waals surface area contributed by atoms with Gasteiger partial charge >= 0.3 is 0 Å². The average molecular weight is 661 g/mol. The predicted octanol–water partition coefficient (Wildman–Crippen LogP) is 11.6. The lowest BCUT2D eigenvalue weighted by Crippen LogP contribution is -2.25. The van der Waals surface area contributed by atoms with Crippen molar-refractivity contribution in [2.75, 3.05) is 13.2 Å². The number of benzene rings is 3. The van der Waals surface area contributed by atoms with Crippen molar-refractivity contribution in [2.45, 2.75) is 116 Å². The van der Waals surface area contributed by atoms with Crippen LogP contribution in [-0.2, 0) is 0 Å². The maximum absolute atomic E-state index is 15.0. The minimum absolute atomic E-state index is 0.112. The number of carbonyl (C=O) groups is 1. The van der Waals surface area contributed by atoms with E-state index in [9.17, 15) is 18.7 Å². The molecule has 3 aromatic rings. The monoisotopic (exact) mass is 660 g/mol. The van der Waals surface area contributed by atoms with Gasteiger partial charge in [-0.3, -0.25) is 4.79 Å². The number of aromatic hydroxyl groups is 1. The molecule has 0 unspecified atom stereocenters. The Kier molecular flexibility index (Phi) is 13.7. The molecule has 0 saturated heterocycles. The van der Waals surface area contributed by atoms with E-state index in [4.69, 9.17) is 9.47 Å². The molecule has 0 heterocycles. The van der Waals surface area contributed by atoms with Gasteiger partial charge in [0.2, 0.25) is 0 Å². The van der Waals surface area contributed by atoms with Crippen LogP contribution in [0.15, 0.2) is 60.7 Å². The van der Waals surface area contributed by atoms with Crippen molar-refractivity contribution in [3.05, 3.63) is 89.0 Å². The van der Waals surface area contributed by atoms with Gasteiger partial charge in [-0.05, 0) is 118 Å². The fraction of sp³-hybridized carbons (Fsp3) is 0.548. The number of hydrogen-bond donors (Lipinski definition) is 1. The summed E-state index contributed by atoms with van der Waals surface area (Å²) >= 11 is 0. The molecule has 1 N–H and O–H groups in total. The molecule has 6 heteroatoms. The van der Waals surface area contributed by atoms with E-state index < -0.39 is 11.6 Å². The summed E-state index contributed by atoms with van der Waals surface area (Å²) in [7, 11) is 0. The van der Waals surface area contributed by atoms with Crippen LogP contribution >= 0.6 is 0 Å². The van der Waals surface area contributed by atoms with Gasteiger partial charge < -0.3 is 14.6 Å². The summed E-state index contributed by atoms with van der Waals surface area (Å²) in [4.78, 5) is 12.6. The van der Waals surface area contributed by atoms with Crippen molar-refractivity contribution in [3.63, 3.8) is 0 Å². The molecule has 0 atom stereocenters. The van der Waals surface area contributed by atoms with E-state index in [0.717, 1.165) is 55.4 Å². The van der Waals surface area contributed by atoms with Crippen LogP contribution in [0.3, 0.4) is 0 Å². The Labute approximate surface area is 286 Å². The van der Waals surface area contributed by atoms with Crippen molar-refractivity contribution >= 4 is 5.78 Å². The van der Waals surface area contributed by atoms with E-state index in [1.165, 1.54) is 82.4 Å². The third-order valence-electron chi connectivity index (χ3n) is 10.8. The summed E-state index contributed by atoms with van der Waals surface area (Å²) in [5, 5.41) is 10.4. The van der Waals surface area contributed by atoms with Crippen LogP contribution in [-0.4, -0.2) is 24.1 Å². The highest BCUT2D eigenvalue weighted by molar-refractivity contribution is 6.10. The topological polar surface area (TPSA) is 55.8 Å². The van der Waals surface area contributed by atoms with E-state index in [-0.39, 0.29) is 35.4 Å². The number of rotatable bonds is 17. The normalized spacial score (nSPS) is 21.1. The molecular formula is C42H54F2O4. The second kappa shape index (κ2) is 18.4. The summed E-state index contributed by atoms with van der Waals surface area (Å²) < 4.78 is 41.3. The van der Waals surface area contributed by atoms with Crippen LogP contribution in [0.5, 0.6) is 17.2 Å². The highest BCUT2D eigenvalue weighted by Gasteiger charge is 2.32. The van der Waals surface area contributed by atoms with Crippen LogP contribution < -0.4 is 9.47 Å². The SMILES string of the molecule is CCCCCC1CCC(C2CCC(c3cc(F)c(OCCCCCCOc4ccc(C(=O)c5ccccc5)c(O)c4)c(F)c3)CC2)CC1. The molecule has 5 rings (SSSR count). The Morgan fingerprint density at radius 2 is 1.35 bits per heavy atom. The molecule has 0 spiro atoms. The Balaban J connectivity index is 0.962. The van der Waals surface area contributed by atoms with Crippen molar-refractivity contribution in [2.24, 2.45) is 17.8 Å². The van der Waals surface area contributed by atoms with Gasteiger partial charge in [0.25, 0.3) is 0 Å². The van der Waals surface area contributed by atoms with Crippen LogP contribution in [0.2, 0.25) is 0 Å². The second-order valence-corrected chi connectivity index (χ2v) is 14.2. The summed E-state index contributed by atoms with van der Waals surface area (Å²) in [6, 6.07) is 16.6. The zero-order valence-corrected chi connectivity index (χ0v) is 28.7. The number of carbonyl (C=O) groups excluding carboxylic acids is 1. The molecule has 4 nitrogen and oxygen atoms in total. The first-order chi connectivity index (χ1) is 23.4. The molecule has 0 bridgehead atoms. The van der Waals surface area contributed by atoms with E-state index in [1.54, 1.807) is 36.4 Å². The van der Waals surface area contributed by atoms with Crippen LogP contribution in [0, 0.1) is 29.4 Å². The summed E-state index contributed by atoms with van der Waals surface area (Å²) in [5.74, 6) is 1.47. The molecule has 2 aliphatic carbocycles. The van der Waals surface area contributed by atoms with Crippen molar-refractivity contribution in [1.82, 2.24) is 0 Å². The lowest BCUT2D eigenvalue weighted by molar-refractivity contribution is 0.103. The van der Waals surface area contributed by atoms with Gasteiger partial charge in [0.1, 0.15) is 11.5 Å². The fourth-order valence-corrected chi connectivity index (χ4v) is 7.97. The molecule has 0 aromatic heterocycles. The molecular weight excluding hydrogens is 606 g/mol. The Morgan fingerprint density at radius 3 is 1.98 bits per heavy atom. The smallest absolute Gasteiger partial charge is 0.196 e. The third kappa shape index (κ3) is 10.1. The number of ether oxygens (including phenoxy) is 2. The minimum Gasteiger partial charge on any atom is -0.507 e. The van der Waals surface area contributed by atoms with Gasteiger partial charge in [-0.1, -0.05) is 75.8 Å².